The topological polar surface area (TPSA) is 14.2 Å². The Hall–Kier alpha value is -0.760. The van der Waals surface area contributed by atoms with Gasteiger partial charge in [-0.05, 0) is 58.1 Å². The highest BCUT2D eigenvalue weighted by atomic mass is 16.5. The highest BCUT2D eigenvalue weighted by Gasteiger charge is 2.23. The van der Waals surface area contributed by atoms with E-state index in [9.17, 15) is 0 Å². The average Bonchev–Trinajstić information content (AvgIpc) is 2.75. The first-order chi connectivity index (χ1) is 9.22. The summed E-state index contributed by atoms with van der Waals surface area (Å²) in [4.78, 5) is 0. The molecule has 0 bridgehead atoms. The molecule has 1 fully saturated rings. The second-order valence-electron chi connectivity index (χ2n) is 5.99. The molecule has 19 heavy (non-hydrogen) atoms. The molecular weight excluding hydrogens is 234 g/mol. The summed E-state index contributed by atoms with van der Waals surface area (Å²) in [5.74, 6) is 0. The predicted octanol–water partition coefficient (Wildman–Crippen LogP) is 4.80. The van der Waals surface area contributed by atoms with Crippen molar-refractivity contribution in [1.82, 2.24) is 4.57 Å². The van der Waals surface area contributed by atoms with Crippen molar-refractivity contribution in [1.29, 1.82) is 0 Å². The van der Waals surface area contributed by atoms with Gasteiger partial charge < -0.3 is 9.30 Å². The van der Waals surface area contributed by atoms with Crippen molar-refractivity contribution in [2.75, 3.05) is 6.61 Å². The van der Waals surface area contributed by atoms with Gasteiger partial charge in [-0.15, -0.1) is 0 Å². The molecule has 0 N–H and O–H groups in total. The van der Waals surface area contributed by atoms with E-state index in [0.29, 0.717) is 12.1 Å². The van der Waals surface area contributed by atoms with Crippen LogP contribution in [0, 0.1) is 13.8 Å². The van der Waals surface area contributed by atoms with Gasteiger partial charge in [0, 0.05) is 24.0 Å². The molecule has 1 aromatic rings. The normalized spacial score (nSPS) is 23.7. The number of hydrogen-bond donors (Lipinski definition) is 0. The molecule has 2 rings (SSSR count). The highest BCUT2D eigenvalue weighted by molar-refractivity contribution is 5.15. The van der Waals surface area contributed by atoms with Crippen molar-refractivity contribution >= 4 is 0 Å². The van der Waals surface area contributed by atoms with Gasteiger partial charge in [0.1, 0.15) is 0 Å². The maximum atomic E-state index is 6.00. The molecule has 1 aromatic heterocycles. The van der Waals surface area contributed by atoms with Gasteiger partial charge in [-0.3, -0.25) is 0 Å². The van der Waals surface area contributed by atoms with Crippen LogP contribution in [0.3, 0.4) is 0 Å². The van der Waals surface area contributed by atoms with Crippen LogP contribution in [0.1, 0.15) is 69.3 Å². The SMILES string of the molecule is CCCCCOC1CCC(n2c(C)ccc2C)CC1. The molecule has 1 saturated carbocycles. The maximum absolute atomic E-state index is 6.00. The van der Waals surface area contributed by atoms with Crippen molar-refractivity contribution in [2.24, 2.45) is 0 Å². The molecular formula is C17H29NO. The van der Waals surface area contributed by atoms with E-state index in [-0.39, 0.29) is 0 Å². The van der Waals surface area contributed by atoms with E-state index < -0.39 is 0 Å². The van der Waals surface area contributed by atoms with E-state index in [4.69, 9.17) is 4.74 Å². The van der Waals surface area contributed by atoms with E-state index >= 15 is 0 Å². The minimum absolute atomic E-state index is 0.518. The second kappa shape index (κ2) is 7.14. The first-order valence-electron chi connectivity index (χ1n) is 7.98. The third-order valence-electron chi connectivity index (χ3n) is 4.44. The van der Waals surface area contributed by atoms with Gasteiger partial charge in [-0.1, -0.05) is 19.8 Å². The summed E-state index contributed by atoms with van der Waals surface area (Å²) in [6.45, 7) is 7.65. The fraction of sp³-hybridized carbons (Fsp3) is 0.765. The zero-order valence-electron chi connectivity index (χ0n) is 12.8. The van der Waals surface area contributed by atoms with Gasteiger partial charge in [0.05, 0.1) is 6.10 Å². The van der Waals surface area contributed by atoms with Gasteiger partial charge in [-0.2, -0.15) is 0 Å². The maximum Gasteiger partial charge on any atom is 0.0576 e. The summed E-state index contributed by atoms with van der Waals surface area (Å²) in [5, 5.41) is 0. The molecule has 0 aliphatic heterocycles. The Morgan fingerprint density at radius 3 is 2.26 bits per heavy atom. The average molecular weight is 263 g/mol. The smallest absolute Gasteiger partial charge is 0.0576 e. The van der Waals surface area contributed by atoms with E-state index in [1.54, 1.807) is 0 Å². The molecule has 0 radical (unpaired) electrons. The van der Waals surface area contributed by atoms with Crippen LogP contribution in [0.15, 0.2) is 12.1 Å². The lowest BCUT2D eigenvalue weighted by molar-refractivity contribution is 0.0173. The van der Waals surface area contributed by atoms with Crippen LogP contribution in [-0.4, -0.2) is 17.3 Å². The molecule has 0 atom stereocenters. The molecule has 0 spiro atoms. The van der Waals surface area contributed by atoms with Crippen molar-refractivity contribution < 1.29 is 4.74 Å². The van der Waals surface area contributed by atoms with Gasteiger partial charge in [0.15, 0.2) is 0 Å². The molecule has 1 heterocycles. The summed E-state index contributed by atoms with van der Waals surface area (Å²) in [5.41, 5.74) is 2.81. The molecule has 1 aliphatic rings. The summed E-state index contributed by atoms with van der Waals surface area (Å²) >= 11 is 0. The fourth-order valence-corrected chi connectivity index (χ4v) is 3.33. The zero-order chi connectivity index (χ0) is 13.7. The monoisotopic (exact) mass is 263 g/mol. The summed E-state index contributed by atoms with van der Waals surface area (Å²) < 4.78 is 8.52. The zero-order valence-corrected chi connectivity index (χ0v) is 12.8. The largest absolute Gasteiger partial charge is 0.378 e. The molecule has 0 amide bonds. The number of hydrogen-bond acceptors (Lipinski definition) is 1. The predicted molar refractivity (Wildman–Crippen MR) is 80.7 cm³/mol. The number of ether oxygens (including phenoxy) is 1. The third kappa shape index (κ3) is 3.85. The Morgan fingerprint density at radius 2 is 1.68 bits per heavy atom. The summed E-state index contributed by atoms with van der Waals surface area (Å²) in [6, 6.07) is 5.18. The van der Waals surface area contributed by atoms with E-state index in [1.165, 1.54) is 56.3 Å². The van der Waals surface area contributed by atoms with Crippen molar-refractivity contribution in [3.63, 3.8) is 0 Å². The molecule has 1 aliphatic carbocycles. The Kier molecular flexibility index (Phi) is 5.50. The lowest BCUT2D eigenvalue weighted by atomic mass is 9.92. The van der Waals surface area contributed by atoms with E-state index in [1.807, 2.05) is 0 Å². The minimum Gasteiger partial charge on any atom is -0.378 e. The van der Waals surface area contributed by atoms with E-state index in [2.05, 4.69) is 37.5 Å². The Bertz CT molecular complexity index is 355. The van der Waals surface area contributed by atoms with Crippen LogP contribution in [0.4, 0.5) is 0 Å². The van der Waals surface area contributed by atoms with Crippen LogP contribution >= 0.6 is 0 Å². The molecule has 0 aromatic carbocycles. The number of aryl methyl sites for hydroxylation is 2. The van der Waals surface area contributed by atoms with Crippen molar-refractivity contribution in [3.05, 3.63) is 23.5 Å². The summed E-state index contributed by atoms with van der Waals surface area (Å²) in [6.07, 6.45) is 9.33. The lowest BCUT2D eigenvalue weighted by Crippen LogP contribution is -2.25. The van der Waals surface area contributed by atoms with Gasteiger partial charge in [0.25, 0.3) is 0 Å². The number of rotatable bonds is 6. The minimum atomic E-state index is 0.518. The molecule has 0 unspecified atom stereocenters. The lowest BCUT2D eigenvalue weighted by Gasteiger charge is -2.31. The quantitative estimate of drug-likeness (QED) is 0.673. The first kappa shape index (κ1) is 14.6. The Labute approximate surface area is 118 Å². The van der Waals surface area contributed by atoms with E-state index in [0.717, 1.165) is 6.61 Å². The second-order valence-corrected chi connectivity index (χ2v) is 5.99. The van der Waals surface area contributed by atoms with Gasteiger partial charge >= 0.3 is 0 Å². The van der Waals surface area contributed by atoms with Gasteiger partial charge in [0.2, 0.25) is 0 Å². The first-order valence-corrected chi connectivity index (χ1v) is 7.98. The fourth-order valence-electron chi connectivity index (χ4n) is 3.33. The molecule has 0 saturated heterocycles. The molecule has 108 valence electrons. The van der Waals surface area contributed by atoms with Crippen molar-refractivity contribution in [2.45, 2.75) is 77.9 Å². The molecule has 2 heteroatoms. The summed E-state index contributed by atoms with van der Waals surface area (Å²) in [7, 11) is 0. The number of nitrogens with zero attached hydrogens (tertiary/aromatic N) is 1. The van der Waals surface area contributed by atoms with Crippen molar-refractivity contribution in [3.8, 4) is 0 Å². The third-order valence-corrected chi connectivity index (χ3v) is 4.44. The van der Waals surface area contributed by atoms with Crippen LogP contribution in [0.5, 0.6) is 0 Å². The highest BCUT2D eigenvalue weighted by Crippen LogP contribution is 2.32. The van der Waals surface area contributed by atoms with Crippen LogP contribution in [0.2, 0.25) is 0 Å². The van der Waals surface area contributed by atoms with Crippen LogP contribution in [-0.2, 0) is 4.74 Å². The Balaban J connectivity index is 1.76. The van der Waals surface area contributed by atoms with Gasteiger partial charge in [-0.25, -0.2) is 0 Å². The number of aromatic nitrogens is 1. The number of unbranched alkanes of at least 4 members (excludes halogenated alkanes) is 2. The Morgan fingerprint density at radius 1 is 1.05 bits per heavy atom. The standard InChI is InChI=1S/C17H29NO/c1-4-5-6-13-19-17-11-9-16(10-12-17)18-14(2)7-8-15(18)3/h7-8,16-17H,4-6,9-13H2,1-3H3. The van der Waals surface area contributed by atoms with Crippen LogP contribution < -0.4 is 0 Å². The molecule has 2 nitrogen and oxygen atoms in total. The van der Waals surface area contributed by atoms with Crippen LogP contribution in [0.25, 0.3) is 0 Å².